The van der Waals surface area contributed by atoms with Gasteiger partial charge in [-0.1, -0.05) is 20.8 Å². The van der Waals surface area contributed by atoms with Crippen LogP contribution in [0.1, 0.15) is 46.5 Å². The number of nitrogens with one attached hydrogen (secondary N) is 1. The number of piperidine rings is 1. The molecule has 1 aromatic carbocycles. The first-order valence-electron chi connectivity index (χ1n) is 10.6. The molecule has 31 heavy (non-hydrogen) atoms. The fourth-order valence-corrected chi connectivity index (χ4v) is 5.98. The van der Waals surface area contributed by atoms with Crippen molar-refractivity contribution in [2.45, 2.75) is 62.9 Å². The maximum absolute atomic E-state index is 14.1. The van der Waals surface area contributed by atoms with Crippen LogP contribution in [-0.2, 0) is 19.6 Å². The van der Waals surface area contributed by atoms with Crippen LogP contribution in [0.3, 0.4) is 0 Å². The van der Waals surface area contributed by atoms with Crippen LogP contribution in [0.4, 0.5) is 8.78 Å². The van der Waals surface area contributed by atoms with Crippen LogP contribution >= 0.6 is 0 Å². The average molecular weight is 458 g/mol. The molecule has 1 atom stereocenters. The van der Waals surface area contributed by atoms with Gasteiger partial charge >= 0.3 is 0 Å². The number of hydrogen-bond acceptors (Lipinski definition) is 4. The lowest BCUT2D eigenvalue weighted by atomic mass is 9.81. The third-order valence-electron chi connectivity index (χ3n) is 6.02. The molecule has 172 valence electrons. The second-order valence-corrected chi connectivity index (χ2v) is 10.6. The van der Waals surface area contributed by atoms with E-state index in [2.05, 4.69) is 5.32 Å². The van der Waals surface area contributed by atoms with Crippen LogP contribution in [-0.4, -0.2) is 60.7 Å². The number of nitrogens with zero attached hydrogens (tertiary/aromatic N) is 2. The Hall–Kier alpha value is -2.07. The van der Waals surface area contributed by atoms with Crippen molar-refractivity contribution in [1.82, 2.24) is 14.5 Å². The monoisotopic (exact) mass is 457 g/mol. The van der Waals surface area contributed by atoms with Crippen LogP contribution in [0.5, 0.6) is 0 Å². The molecule has 7 nitrogen and oxygen atoms in total. The van der Waals surface area contributed by atoms with Gasteiger partial charge in [0.1, 0.15) is 28.1 Å². The van der Waals surface area contributed by atoms with Gasteiger partial charge in [-0.3, -0.25) is 9.59 Å². The van der Waals surface area contributed by atoms with Gasteiger partial charge in [0.15, 0.2) is 0 Å². The number of sulfonamides is 1. The van der Waals surface area contributed by atoms with E-state index < -0.39 is 38.1 Å². The zero-order chi connectivity index (χ0) is 23.0. The summed E-state index contributed by atoms with van der Waals surface area (Å²) in [4.78, 5) is 27.2. The number of halogens is 2. The SMILES string of the molecule is CCCN1C(=O)C(CC(C)C)NC(=O)C12CCN(S(=O)(=O)c1cc(F)ccc1F)CC2. The van der Waals surface area contributed by atoms with E-state index >= 15 is 0 Å². The Labute approximate surface area is 181 Å². The van der Waals surface area contributed by atoms with Gasteiger partial charge in [0.25, 0.3) is 0 Å². The van der Waals surface area contributed by atoms with E-state index in [0.29, 0.717) is 25.5 Å². The van der Waals surface area contributed by atoms with Gasteiger partial charge in [0.05, 0.1) is 0 Å². The Morgan fingerprint density at radius 2 is 1.84 bits per heavy atom. The predicted octanol–water partition coefficient (Wildman–Crippen LogP) is 2.27. The molecular weight excluding hydrogens is 428 g/mol. The van der Waals surface area contributed by atoms with Crippen molar-refractivity contribution >= 4 is 21.8 Å². The molecule has 0 bridgehead atoms. The highest BCUT2D eigenvalue weighted by Gasteiger charge is 2.54. The summed E-state index contributed by atoms with van der Waals surface area (Å²) in [7, 11) is -4.27. The first-order chi connectivity index (χ1) is 14.5. The summed E-state index contributed by atoms with van der Waals surface area (Å²) in [5.41, 5.74) is -1.13. The Balaban J connectivity index is 1.85. The molecule has 1 unspecified atom stereocenters. The maximum atomic E-state index is 14.1. The number of carbonyl (C=O) groups excluding carboxylic acids is 2. The van der Waals surface area contributed by atoms with Crippen molar-refractivity contribution in [3.63, 3.8) is 0 Å². The average Bonchev–Trinajstić information content (AvgIpc) is 2.71. The minimum atomic E-state index is -4.27. The number of carbonyl (C=O) groups is 2. The molecule has 0 saturated carbocycles. The smallest absolute Gasteiger partial charge is 0.246 e. The molecule has 10 heteroatoms. The quantitative estimate of drug-likeness (QED) is 0.710. The Kier molecular flexibility index (Phi) is 6.71. The van der Waals surface area contributed by atoms with Crippen molar-refractivity contribution in [1.29, 1.82) is 0 Å². The molecule has 0 aromatic heterocycles. The van der Waals surface area contributed by atoms with Crippen molar-refractivity contribution in [2.24, 2.45) is 5.92 Å². The highest BCUT2D eigenvalue weighted by molar-refractivity contribution is 7.89. The van der Waals surface area contributed by atoms with Gasteiger partial charge in [-0.05, 0) is 49.8 Å². The van der Waals surface area contributed by atoms with E-state index in [0.717, 1.165) is 16.4 Å². The lowest BCUT2D eigenvalue weighted by molar-refractivity contribution is -0.160. The number of amides is 2. The third-order valence-corrected chi connectivity index (χ3v) is 7.94. The third kappa shape index (κ3) is 4.32. The molecule has 2 fully saturated rings. The molecule has 1 spiro atoms. The van der Waals surface area contributed by atoms with Gasteiger partial charge in [0, 0.05) is 19.6 Å². The molecule has 1 N–H and O–H groups in total. The molecular formula is C21H29F2N3O4S. The van der Waals surface area contributed by atoms with Gasteiger partial charge in [-0.15, -0.1) is 0 Å². The predicted molar refractivity (Wildman–Crippen MR) is 110 cm³/mol. The second kappa shape index (κ2) is 8.82. The van der Waals surface area contributed by atoms with Crippen molar-refractivity contribution < 1.29 is 26.8 Å². The van der Waals surface area contributed by atoms with Crippen LogP contribution in [0, 0.1) is 17.6 Å². The summed E-state index contributed by atoms with van der Waals surface area (Å²) < 4.78 is 54.5. The van der Waals surface area contributed by atoms with Crippen LogP contribution in [0.25, 0.3) is 0 Å². The Morgan fingerprint density at radius 3 is 2.42 bits per heavy atom. The standard InChI is InChI=1S/C21H29F2N3O4S/c1-4-9-26-19(27)17(12-14(2)3)24-20(28)21(26)7-10-25(11-8-21)31(29,30)18-13-15(22)5-6-16(18)23/h5-6,13-14,17H,4,7-12H2,1-3H3,(H,24,28). The first kappa shape index (κ1) is 23.6. The lowest BCUT2D eigenvalue weighted by Gasteiger charge is -2.51. The minimum Gasteiger partial charge on any atom is -0.342 e. The van der Waals surface area contributed by atoms with Crippen molar-refractivity contribution in [3.05, 3.63) is 29.8 Å². The molecule has 3 rings (SSSR count). The fourth-order valence-electron chi connectivity index (χ4n) is 4.46. The summed E-state index contributed by atoms with van der Waals surface area (Å²) in [6, 6.07) is 1.70. The molecule has 2 saturated heterocycles. The topological polar surface area (TPSA) is 86.8 Å². The number of benzene rings is 1. The zero-order valence-corrected chi connectivity index (χ0v) is 18.8. The van der Waals surface area contributed by atoms with Crippen LogP contribution in [0.2, 0.25) is 0 Å². The second-order valence-electron chi connectivity index (χ2n) is 8.66. The summed E-state index contributed by atoms with van der Waals surface area (Å²) in [5.74, 6) is -2.09. The summed E-state index contributed by atoms with van der Waals surface area (Å²) in [6.07, 6.45) is 1.37. The van der Waals surface area contributed by atoms with E-state index in [1.165, 1.54) is 0 Å². The molecule has 1 aromatic rings. The molecule has 2 aliphatic heterocycles. The zero-order valence-electron chi connectivity index (χ0n) is 18.0. The van der Waals surface area contributed by atoms with E-state index in [4.69, 9.17) is 0 Å². The Bertz CT molecular complexity index is 959. The van der Waals surface area contributed by atoms with E-state index in [1.54, 1.807) is 4.90 Å². The van der Waals surface area contributed by atoms with Gasteiger partial charge in [-0.25, -0.2) is 17.2 Å². The van der Waals surface area contributed by atoms with Gasteiger partial charge in [0.2, 0.25) is 21.8 Å². The number of hydrogen-bond donors (Lipinski definition) is 1. The Morgan fingerprint density at radius 1 is 1.19 bits per heavy atom. The van der Waals surface area contributed by atoms with E-state index in [1.807, 2.05) is 20.8 Å². The number of rotatable bonds is 6. The lowest BCUT2D eigenvalue weighted by Crippen LogP contribution is -2.73. The van der Waals surface area contributed by atoms with Crippen LogP contribution in [0.15, 0.2) is 23.1 Å². The van der Waals surface area contributed by atoms with E-state index in [-0.39, 0.29) is 43.7 Å². The molecule has 0 aliphatic carbocycles. The maximum Gasteiger partial charge on any atom is 0.246 e. The largest absolute Gasteiger partial charge is 0.342 e. The normalized spacial score (nSPS) is 22.3. The number of piperazine rings is 1. The molecule has 2 aliphatic rings. The van der Waals surface area contributed by atoms with E-state index in [9.17, 15) is 26.8 Å². The van der Waals surface area contributed by atoms with Gasteiger partial charge in [-0.2, -0.15) is 4.31 Å². The highest BCUT2D eigenvalue weighted by atomic mass is 32.2. The molecule has 2 amide bonds. The van der Waals surface area contributed by atoms with Crippen LogP contribution < -0.4 is 5.32 Å². The summed E-state index contributed by atoms with van der Waals surface area (Å²) in [6.45, 7) is 6.11. The molecule has 2 heterocycles. The fraction of sp³-hybridized carbons (Fsp3) is 0.619. The minimum absolute atomic E-state index is 0.0753. The van der Waals surface area contributed by atoms with Crippen molar-refractivity contribution in [2.75, 3.05) is 19.6 Å². The van der Waals surface area contributed by atoms with Gasteiger partial charge < -0.3 is 10.2 Å². The first-order valence-corrected chi connectivity index (χ1v) is 12.0. The highest BCUT2D eigenvalue weighted by Crippen LogP contribution is 2.36. The summed E-state index contributed by atoms with van der Waals surface area (Å²) in [5, 5.41) is 2.84. The summed E-state index contributed by atoms with van der Waals surface area (Å²) >= 11 is 0. The molecule has 0 radical (unpaired) electrons. The van der Waals surface area contributed by atoms with Crippen molar-refractivity contribution in [3.8, 4) is 0 Å².